The van der Waals surface area contributed by atoms with Gasteiger partial charge in [0.2, 0.25) is 5.82 Å². The van der Waals surface area contributed by atoms with Crippen LogP contribution in [0.2, 0.25) is 0 Å². The predicted octanol–water partition coefficient (Wildman–Crippen LogP) is 0.419. The van der Waals surface area contributed by atoms with Crippen LogP contribution in [0.5, 0.6) is 0 Å². The summed E-state index contributed by atoms with van der Waals surface area (Å²) in [5.41, 5.74) is 5.59. The molecular formula is C11H17N5O3S. The van der Waals surface area contributed by atoms with Crippen LogP contribution in [0.25, 0.3) is 0 Å². The fourth-order valence-electron chi connectivity index (χ4n) is 1.81. The number of nitrogen functional groups attached to an aromatic ring is 1. The number of carbonyl (C=O) groups is 1. The Balaban J connectivity index is 2.22. The molecule has 0 aromatic carbocycles. The standard InChI is InChI=1S/C11H17N5O3S/c1-2-19-11(17)14-9-7-8(13-10(12)16(9)18)15-3-5-20-6-4-15/h7H,2-6H2,1H3,(H2,12,13)(H,14,17). The molecule has 1 saturated heterocycles. The summed E-state index contributed by atoms with van der Waals surface area (Å²) in [5, 5.41) is 14.1. The van der Waals surface area contributed by atoms with E-state index in [2.05, 4.69) is 10.3 Å². The van der Waals surface area contributed by atoms with Gasteiger partial charge >= 0.3 is 12.0 Å². The van der Waals surface area contributed by atoms with Gasteiger partial charge in [-0.15, -0.1) is 0 Å². The minimum Gasteiger partial charge on any atom is -0.754 e. The molecule has 20 heavy (non-hydrogen) atoms. The van der Waals surface area contributed by atoms with E-state index in [9.17, 15) is 10.0 Å². The summed E-state index contributed by atoms with van der Waals surface area (Å²) < 4.78 is 5.12. The molecule has 0 spiro atoms. The van der Waals surface area contributed by atoms with Gasteiger partial charge in [0, 0.05) is 24.6 Å². The molecule has 0 bridgehead atoms. The van der Waals surface area contributed by atoms with E-state index in [1.165, 1.54) is 6.07 Å². The number of nitrogens with zero attached hydrogens (tertiary/aromatic N) is 3. The summed E-state index contributed by atoms with van der Waals surface area (Å²) in [6.45, 7) is 3.57. The average molecular weight is 299 g/mol. The van der Waals surface area contributed by atoms with E-state index >= 15 is 0 Å². The lowest BCUT2D eigenvalue weighted by molar-refractivity contribution is -0.577. The predicted molar refractivity (Wildman–Crippen MR) is 77.8 cm³/mol. The molecule has 2 heterocycles. The van der Waals surface area contributed by atoms with Crippen molar-refractivity contribution in [3.63, 3.8) is 0 Å². The first-order valence-corrected chi connectivity index (χ1v) is 7.44. The monoisotopic (exact) mass is 299 g/mol. The van der Waals surface area contributed by atoms with Crippen LogP contribution in [0.3, 0.4) is 0 Å². The molecule has 0 aliphatic carbocycles. The van der Waals surface area contributed by atoms with Crippen LogP contribution in [-0.2, 0) is 4.74 Å². The number of aromatic nitrogens is 2. The van der Waals surface area contributed by atoms with E-state index < -0.39 is 6.09 Å². The van der Waals surface area contributed by atoms with E-state index in [1.54, 1.807) is 6.92 Å². The lowest BCUT2D eigenvalue weighted by Gasteiger charge is -2.26. The van der Waals surface area contributed by atoms with Crippen molar-refractivity contribution in [2.45, 2.75) is 6.92 Å². The van der Waals surface area contributed by atoms with Gasteiger partial charge in [-0.3, -0.25) is 0 Å². The van der Waals surface area contributed by atoms with Crippen molar-refractivity contribution in [2.75, 3.05) is 47.2 Å². The zero-order valence-corrected chi connectivity index (χ0v) is 12.0. The van der Waals surface area contributed by atoms with Crippen molar-refractivity contribution < 1.29 is 14.3 Å². The van der Waals surface area contributed by atoms with Crippen LogP contribution in [-0.4, -0.2) is 42.3 Å². The average Bonchev–Trinajstić information content (AvgIpc) is 2.45. The zero-order valence-electron chi connectivity index (χ0n) is 11.2. The highest BCUT2D eigenvalue weighted by atomic mass is 32.2. The molecule has 1 aromatic heterocycles. The SMILES string of the molecule is CCOC(=O)Nc1cc(N2CCSCC2)nc(N)[n+]1[O-]. The number of hydrogen-bond acceptors (Lipinski definition) is 7. The molecule has 0 atom stereocenters. The summed E-state index contributed by atoms with van der Waals surface area (Å²) in [6.07, 6.45) is -0.692. The molecule has 1 aromatic rings. The normalized spacial score (nSPS) is 14.9. The molecule has 8 nitrogen and oxygen atoms in total. The van der Waals surface area contributed by atoms with Gasteiger partial charge in [0.15, 0.2) is 5.82 Å². The number of ether oxygens (including phenoxy) is 1. The Morgan fingerprint density at radius 1 is 1.65 bits per heavy atom. The molecule has 0 radical (unpaired) electrons. The molecule has 2 rings (SSSR count). The fraction of sp³-hybridized carbons (Fsp3) is 0.545. The number of rotatable bonds is 3. The van der Waals surface area contributed by atoms with Crippen LogP contribution in [0.4, 0.5) is 22.4 Å². The molecule has 1 aliphatic rings. The number of thioether (sulfide) groups is 1. The van der Waals surface area contributed by atoms with Gasteiger partial charge in [0.05, 0.1) is 12.7 Å². The van der Waals surface area contributed by atoms with Crippen LogP contribution < -0.4 is 20.7 Å². The third kappa shape index (κ3) is 3.35. The molecule has 0 saturated carbocycles. The van der Waals surface area contributed by atoms with Gasteiger partial charge in [-0.2, -0.15) is 11.8 Å². The van der Waals surface area contributed by atoms with Crippen molar-refractivity contribution >= 4 is 35.4 Å². The summed E-state index contributed by atoms with van der Waals surface area (Å²) in [6, 6.07) is 1.51. The fourth-order valence-corrected chi connectivity index (χ4v) is 2.72. The number of carbonyl (C=O) groups excluding carboxylic acids is 1. The Morgan fingerprint density at radius 3 is 3.00 bits per heavy atom. The second kappa shape index (κ2) is 6.51. The Bertz CT molecular complexity index is 493. The Labute approximate surface area is 120 Å². The van der Waals surface area contributed by atoms with Crippen molar-refractivity contribution in [1.82, 2.24) is 4.98 Å². The molecule has 9 heteroatoms. The summed E-state index contributed by atoms with van der Waals surface area (Å²) in [7, 11) is 0. The summed E-state index contributed by atoms with van der Waals surface area (Å²) in [5.74, 6) is 2.39. The number of nitrogens with two attached hydrogens (primary N) is 1. The Morgan fingerprint density at radius 2 is 2.35 bits per heavy atom. The van der Waals surface area contributed by atoms with Crippen LogP contribution in [0, 0.1) is 5.21 Å². The number of amides is 1. The highest BCUT2D eigenvalue weighted by molar-refractivity contribution is 7.99. The van der Waals surface area contributed by atoms with Gasteiger partial charge in [-0.05, 0) is 6.92 Å². The summed E-state index contributed by atoms with van der Waals surface area (Å²) in [4.78, 5) is 17.5. The van der Waals surface area contributed by atoms with Crippen molar-refractivity contribution in [2.24, 2.45) is 0 Å². The summed E-state index contributed by atoms with van der Waals surface area (Å²) >= 11 is 1.86. The Kier molecular flexibility index (Phi) is 4.72. The van der Waals surface area contributed by atoms with Crippen LogP contribution in [0.15, 0.2) is 6.07 Å². The minimum absolute atomic E-state index is 0.0178. The van der Waals surface area contributed by atoms with Crippen LogP contribution >= 0.6 is 11.8 Å². The van der Waals surface area contributed by atoms with Gasteiger partial charge in [-0.25, -0.2) is 14.8 Å². The minimum atomic E-state index is -0.692. The van der Waals surface area contributed by atoms with E-state index in [-0.39, 0.29) is 18.4 Å². The number of hydrogen-bond donors (Lipinski definition) is 2. The molecule has 3 N–H and O–H groups in total. The topological polar surface area (TPSA) is 107 Å². The highest BCUT2D eigenvalue weighted by Gasteiger charge is 2.20. The first kappa shape index (κ1) is 14.5. The lowest BCUT2D eigenvalue weighted by atomic mass is 10.4. The molecule has 1 aliphatic heterocycles. The van der Waals surface area contributed by atoms with E-state index in [0.717, 1.165) is 24.6 Å². The maximum Gasteiger partial charge on any atom is 0.458 e. The van der Waals surface area contributed by atoms with Crippen LogP contribution in [0.1, 0.15) is 6.92 Å². The first-order chi connectivity index (χ1) is 9.61. The maximum absolute atomic E-state index is 11.8. The number of anilines is 3. The number of nitrogens with one attached hydrogen (secondary N) is 1. The molecule has 1 fully saturated rings. The molecule has 110 valence electrons. The Hall–Kier alpha value is -1.90. The maximum atomic E-state index is 11.8. The largest absolute Gasteiger partial charge is 0.754 e. The molecular weight excluding hydrogens is 282 g/mol. The van der Waals surface area contributed by atoms with E-state index in [1.807, 2.05) is 16.7 Å². The van der Waals surface area contributed by atoms with Gasteiger partial charge in [0.25, 0.3) is 0 Å². The second-order valence-corrected chi connectivity index (χ2v) is 5.32. The lowest BCUT2D eigenvalue weighted by Crippen LogP contribution is -2.40. The molecule has 0 unspecified atom stereocenters. The van der Waals surface area contributed by atoms with Crippen molar-refractivity contribution in [1.29, 1.82) is 0 Å². The van der Waals surface area contributed by atoms with Crippen molar-refractivity contribution in [3.05, 3.63) is 11.3 Å². The first-order valence-electron chi connectivity index (χ1n) is 6.28. The highest BCUT2D eigenvalue weighted by Crippen LogP contribution is 2.19. The molecule has 1 amide bonds. The quantitative estimate of drug-likeness (QED) is 0.615. The third-order valence-corrected chi connectivity index (χ3v) is 3.70. The third-order valence-electron chi connectivity index (χ3n) is 2.76. The zero-order chi connectivity index (χ0) is 14.5. The van der Waals surface area contributed by atoms with Gasteiger partial charge in [0.1, 0.15) is 0 Å². The van der Waals surface area contributed by atoms with E-state index in [0.29, 0.717) is 10.5 Å². The van der Waals surface area contributed by atoms with Gasteiger partial charge < -0.3 is 20.6 Å². The van der Waals surface area contributed by atoms with E-state index in [4.69, 9.17) is 10.5 Å². The second-order valence-electron chi connectivity index (χ2n) is 4.10. The van der Waals surface area contributed by atoms with Gasteiger partial charge in [-0.1, -0.05) is 4.98 Å². The smallest absolute Gasteiger partial charge is 0.458 e. The van der Waals surface area contributed by atoms with Crippen molar-refractivity contribution in [3.8, 4) is 0 Å².